The van der Waals surface area contributed by atoms with Crippen LogP contribution < -0.4 is 5.32 Å². The molecule has 2 aromatic carbocycles. The van der Waals surface area contributed by atoms with Crippen molar-refractivity contribution < 1.29 is 9.72 Å². The molecule has 0 aliphatic carbocycles. The zero-order valence-corrected chi connectivity index (χ0v) is 14.1. The number of nitro groups is 1. The summed E-state index contributed by atoms with van der Waals surface area (Å²) in [5, 5.41) is 14.1. The third-order valence-corrected chi connectivity index (χ3v) is 4.60. The van der Waals surface area contributed by atoms with Gasteiger partial charge in [0.25, 0.3) is 11.6 Å². The molecule has 0 radical (unpaired) electrons. The van der Waals surface area contributed by atoms with Gasteiger partial charge in [-0.1, -0.05) is 31.2 Å². The number of piperazine rings is 1. The standard InChI is InChI=1S/C19H21N3O3/c1-2-14-3-5-15(6-4-14)18-13-20-11-12-21(18)19(23)16-7-9-17(10-8-16)22(24)25/h3-10,18,20H,2,11-13H2,1H3. The van der Waals surface area contributed by atoms with Crippen LogP contribution in [0.15, 0.2) is 48.5 Å². The highest BCUT2D eigenvalue weighted by atomic mass is 16.6. The number of rotatable bonds is 4. The summed E-state index contributed by atoms with van der Waals surface area (Å²) in [5.41, 5.74) is 2.83. The van der Waals surface area contributed by atoms with Crippen LogP contribution in [0.3, 0.4) is 0 Å². The average molecular weight is 339 g/mol. The lowest BCUT2D eigenvalue weighted by atomic mass is 10.00. The molecule has 1 N–H and O–H groups in total. The lowest BCUT2D eigenvalue weighted by molar-refractivity contribution is -0.384. The molecule has 25 heavy (non-hydrogen) atoms. The van der Waals surface area contributed by atoms with Gasteiger partial charge in [-0.05, 0) is 29.7 Å². The van der Waals surface area contributed by atoms with Crippen molar-refractivity contribution in [1.29, 1.82) is 0 Å². The van der Waals surface area contributed by atoms with Crippen molar-refractivity contribution in [2.45, 2.75) is 19.4 Å². The fourth-order valence-corrected chi connectivity index (χ4v) is 3.11. The molecule has 1 unspecified atom stereocenters. The van der Waals surface area contributed by atoms with E-state index in [-0.39, 0.29) is 17.6 Å². The number of nitro benzene ring substituents is 1. The van der Waals surface area contributed by atoms with Crippen LogP contribution in [0, 0.1) is 10.1 Å². The van der Waals surface area contributed by atoms with E-state index in [4.69, 9.17) is 0 Å². The summed E-state index contributed by atoms with van der Waals surface area (Å²) in [6.45, 7) is 4.16. The molecule has 6 heteroatoms. The van der Waals surface area contributed by atoms with E-state index >= 15 is 0 Å². The number of non-ortho nitro benzene ring substituents is 1. The molecule has 3 rings (SSSR count). The molecule has 0 aromatic heterocycles. The van der Waals surface area contributed by atoms with Gasteiger partial charge < -0.3 is 10.2 Å². The van der Waals surface area contributed by atoms with Crippen LogP contribution in [0.4, 0.5) is 5.69 Å². The maximum absolute atomic E-state index is 12.9. The summed E-state index contributed by atoms with van der Waals surface area (Å²) in [7, 11) is 0. The van der Waals surface area contributed by atoms with Gasteiger partial charge in [0.05, 0.1) is 11.0 Å². The zero-order chi connectivity index (χ0) is 17.8. The molecule has 1 aliphatic heterocycles. The SMILES string of the molecule is CCc1ccc(C2CNCCN2C(=O)c2ccc([N+](=O)[O-])cc2)cc1. The monoisotopic (exact) mass is 339 g/mol. The number of benzene rings is 2. The molecule has 1 aliphatic rings. The van der Waals surface area contributed by atoms with Crippen molar-refractivity contribution in [1.82, 2.24) is 10.2 Å². The van der Waals surface area contributed by atoms with E-state index in [1.165, 1.54) is 29.8 Å². The Morgan fingerprint density at radius 2 is 1.88 bits per heavy atom. The van der Waals surface area contributed by atoms with Crippen LogP contribution in [0.25, 0.3) is 0 Å². The van der Waals surface area contributed by atoms with Crippen LogP contribution in [0.5, 0.6) is 0 Å². The van der Waals surface area contributed by atoms with E-state index in [0.717, 1.165) is 18.5 Å². The van der Waals surface area contributed by atoms with Crippen molar-refractivity contribution in [2.75, 3.05) is 19.6 Å². The summed E-state index contributed by atoms with van der Waals surface area (Å²) in [6, 6.07) is 14.1. The maximum atomic E-state index is 12.9. The normalized spacial score (nSPS) is 17.3. The van der Waals surface area contributed by atoms with Crippen LogP contribution in [-0.4, -0.2) is 35.4 Å². The lowest BCUT2D eigenvalue weighted by Gasteiger charge is -2.36. The average Bonchev–Trinajstić information content (AvgIpc) is 2.67. The largest absolute Gasteiger partial charge is 0.329 e. The predicted octanol–water partition coefficient (Wildman–Crippen LogP) is 2.94. The minimum atomic E-state index is -0.461. The second kappa shape index (κ2) is 7.44. The summed E-state index contributed by atoms with van der Waals surface area (Å²) < 4.78 is 0. The first-order valence-electron chi connectivity index (χ1n) is 8.45. The van der Waals surface area contributed by atoms with Gasteiger partial charge in [0.2, 0.25) is 0 Å². The Morgan fingerprint density at radius 3 is 2.48 bits per heavy atom. The molecular weight excluding hydrogens is 318 g/mol. The Kier molecular flexibility index (Phi) is 5.09. The Labute approximate surface area is 146 Å². The van der Waals surface area contributed by atoms with E-state index in [0.29, 0.717) is 18.7 Å². The molecular formula is C19H21N3O3. The molecule has 2 aromatic rings. The molecule has 1 atom stereocenters. The highest BCUT2D eigenvalue weighted by molar-refractivity contribution is 5.94. The molecule has 1 amide bonds. The van der Waals surface area contributed by atoms with Gasteiger partial charge >= 0.3 is 0 Å². The van der Waals surface area contributed by atoms with Crippen molar-refractivity contribution >= 4 is 11.6 Å². The third kappa shape index (κ3) is 3.69. The van der Waals surface area contributed by atoms with Gasteiger partial charge in [-0.15, -0.1) is 0 Å². The third-order valence-electron chi connectivity index (χ3n) is 4.60. The van der Waals surface area contributed by atoms with E-state index < -0.39 is 4.92 Å². The van der Waals surface area contributed by atoms with Gasteiger partial charge in [-0.25, -0.2) is 0 Å². The maximum Gasteiger partial charge on any atom is 0.269 e. The van der Waals surface area contributed by atoms with E-state index in [2.05, 4.69) is 36.5 Å². The molecule has 130 valence electrons. The highest BCUT2D eigenvalue weighted by Crippen LogP contribution is 2.25. The Hall–Kier alpha value is -2.73. The summed E-state index contributed by atoms with van der Waals surface area (Å²) in [5.74, 6) is -0.0963. The van der Waals surface area contributed by atoms with Crippen LogP contribution >= 0.6 is 0 Å². The Morgan fingerprint density at radius 1 is 1.20 bits per heavy atom. The summed E-state index contributed by atoms with van der Waals surface area (Å²) in [6.07, 6.45) is 0.981. The molecule has 0 saturated carbocycles. The predicted molar refractivity (Wildman–Crippen MR) is 95.6 cm³/mol. The molecule has 0 bridgehead atoms. The van der Waals surface area contributed by atoms with Crippen LogP contribution in [0.1, 0.15) is 34.5 Å². The minimum absolute atomic E-state index is 0.0106. The fourth-order valence-electron chi connectivity index (χ4n) is 3.11. The first-order chi connectivity index (χ1) is 12.1. The van der Waals surface area contributed by atoms with Crippen molar-refractivity contribution in [3.8, 4) is 0 Å². The summed E-state index contributed by atoms with van der Waals surface area (Å²) >= 11 is 0. The number of amides is 1. The number of nitrogens with one attached hydrogen (secondary N) is 1. The van der Waals surface area contributed by atoms with Gasteiger partial charge in [0.1, 0.15) is 0 Å². The smallest absolute Gasteiger partial charge is 0.269 e. The van der Waals surface area contributed by atoms with Gasteiger partial charge in [0.15, 0.2) is 0 Å². The molecule has 1 saturated heterocycles. The van der Waals surface area contributed by atoms with E-state index in [1.54, 1.807) is 0 Å². The van der Waals surface area contributed by atoms with Crippen molar-refractivity contribution in [3.63, 3.8) is 0 Å². The first-order valence-corrected chi connectivity index (χ1v) is 8.45. The second-order valence-corrected chi connectivity index (χ2v) is 6.12. The molecule has 6 nitrogen and oxygen atoms in total. The minimum Gasteiger partial charge on any atom is -0.329 e. The van der Waals surface area contributed by atoms with Gasteiger partial charge in [-0.3, -0.25) is 14.9 Å². The number of aryl methyl sites for hydroxylation is 1. The topological polar surface area (TPSA) is 75.5 Å². The van der Waals surface area contributed by atoms with Gasteiger partial charge in [0, 0.05) is 37.3 Å². The molecule has 1 fully saturated rings. The second-order valence-electron chi connectivity index (χ2n) is 6.12. The Balaban J connectivity index is 1.84. The van der Waals surface area contributed by atoms with Crippen LogP contribution in [-0.2, 0) is 6.42 Å². The quantitative estimate of drug-likeness (QED) is 0.686. The highest BCUT2D eigenvalue weighted by Gasteiger charge is 2.28. The number of hydrogen-bond donors (Lipinski definition) is 1. The lowest BCUT2D eigenvalue weighted by Crippen LogP contribution is -2.48. The molecule has 0 spiro atoms. The van der Waals surface area contributed by atoms with E-state index in [1.807, 2.05) is 4.90 Å². The van der Waals surface area contributed by atoms with Crippen LogP contribution in [0.2, 0.25) is 0 Å². The van der Waals surface area contributed by atoms with Crippen molar-refractivity contribution in [2.24, 2.45) is 0 Å². The fraction of sp³-hybridized carbons (Fsp3) is 0.316. The Bertz CT molecular complexity index is 756. The van der Waals surface area contributed by atoms with E-state index in [9.17, 15) is 14.9 Å². The van der Waals surface area contributed by atoms with Crippen molar-refractivity contribution in [3.05, 3.63) is 75.3 Å². The zero-order valence-electron chi connectivity index (χ0n) is 14.1. The summed E-state index contributed by atoms with van der Waals surface area (Å²) in [4.78, 5) is 25.1. The number of carbonyl (C=O) groups is 1. The number of hydrogen-bond acceptors (Lipinski definition) is 4. The number of carbonyl (C=O) groups excluding carboxylic acids is 1. The van der Waals surface area contributed by atoms with Gasteiger partial charge in [-0.2, -0.15) is 0 Å². The number of nitrogens with zero attached hydrogens (tertiary/aromatic N) is 2. The molecule has 1 heterocycles. The first kappa shape index (κ1) is 17.1.